The van der Waals surface area contributed by atoms with E-state index in [-0.39, 0.29) is 29.4 Å². The predicted octanol–water partition coefficient (Wildman–Crippen LogP) is 1.39. The van der Waals surface area contributed by atoms with Crippen molar-refractivity contribution in [2.75, 3.05) is 26.2 Å². The number of aliphatic hydroxyl groups excluding tert-OH is 1. The van der Waals surface area contributed by atoms with Gasteiger partial charge in [-0.25, -0.2) is 0 Å². The third-order valence-electron chi connectivity index (χ3n) is 5.51. The fraction of sp³-hybridized carbons (Fsp3) is 0.941. The zero-order valence-corrected chi connectivity index (χ0v) is 14.3. The molecule has 1 saturated carbocycles. The van der Waals surface area contributed by atoms with Gasteiger partial charge in [-0.3, -0.25) is 4.79 Å². The third-order valence-corrected chi connectivity index (χ3v) is 5.51. The zero-order chi connectivity index (χ0) is 16.3. The summed E-state index contributed by atoms with van der Waals surface area (Å²) in [6, 6.07) is 0. The van der Waals surface area contributed by atoms with Crippen molar-refractivity contribution in [3.8, 4) is 0 Å². The first kappa shape index (κ1) is 17.7. The quantitative estimate of drug-likeness (QED) is 0.777. The van der Waals surface area contributed by atoms with Crippen LogP contribution in [0.3, 0.4) is 0 Å². The molecule has 0 aromatic heterocycles. The summed E-state index contributed by atoms with van der Waals surface area (Å²) in [6.07, 6.45) is 3.14. The van der Waals surface area contributed by atoms with E-state index in [2.05, 4.69) is 13.8 Å². The first-order valence-electron chi connectivity index (χ1n) is 8.73. The highest BCUT2D eigenvalue weighted by atomic mass is 16.5. The lowest BCUT2D eigenvalue weighted by molar-refractivity contribution is -0.210. The lowest BCUT2D eigenvalue weighted by atomic mass is 9.58. The molecule has 0 aromatic rings. The van der Waals surface area contributed by atoms with Crippen molar-refractivity contribution in [3.63, 3.8) is 0 Å². The van der Waals surface area contributed by atoms with E-state index in [1.54, 1.807) is 0 Å². The summed E-state index contributed by atoms with van der Waals surface area (Å²) in [5.41, 5.74) is 5.67. The van der Waals surface area contributed by atoms with Crippen molar-refractivity contribution in [3.05, 3.63) is 0 Å². The summed E-state index contributed by atoms with van der Waals surface area (Å²) < 4.78 is 5.78. The Morgan fingerprint density at radius 1 is 1.41 bits per heavy atom. The van der Waals surface area contributed by atoms with E-state index in [4.69, 9.17) is 10.5 Å². The number of carbonyl (C=O) groups excluding carboxylic acids is 1. The number of piperidine rings is 1. The normalized spacial score (nSPS) is 28.7. The highest BCUT2D eigenvalue weighted by molar-refractivity contribution is 5.79. The van der Waals surface area contributed by atoms with Crippen LogP contribution in [0.1, 0.15) is 46.5 Å². The summed E-state index contributed by atoms with van der Waals surface area (Å²) in [5, 5.41) is 10.2. The van der Waals surface area contributed by atoms with E-state index in [9.17, 15) is 9.90 Å². The van der Waals surface area contributed by atoms with Gasteiger partial charge in [0.2, 0.25) is 5.91 Å². The average molecular weight is 312 g/mol. The van der Waals surface area contributed by atoms with Gasteiger partial charge in [0.15, 0.2) is 0 Å². The van der Waals surface area contributed by atoms with Crippen LogP contribution in [-0.4, -0.2) is 54.4 Å². The molecule has 1 saturated heterocycles. The standard InChI is InChI=1S/C17H32N2O3/c1-4-22-15-10-14(20)17(15)5-7-19(8-6-17)16(21)13(11-18)9-12(2)3/h12-15,20H,4-11,18H2,1-3H3. The van der Waals surface area contributed by atoms with Gasteiger partial charge in [-0.2, -0.15) is 0 Å². The number of hydrogen-bond acceptors (Lipinski definition) is 4. The molecule has 2 aliphatic rings. The molecule has 1 heterocycles. The number of carbonyl (C=O) groups is 1. The maximum Gasteiger partial charge on any atom is 0.226 e. The summed E-state index contributed by atoms with van der Waals surface area (Å²) in [6.45, 7) is 8.78. The van der Waals surface area contributed by atoms with E-state index in [0.717, 1.165) is 25.7 Å². The molecule has 3 unspecified atom stereocenters. The molecule has 3 atom stereocenters. The van der Waals surface area contributed by atoms with Gasteiger partial charge in [0.1, 0.15) is 0 Å². The summed E-state index contributed by atoms with van der Waals surface area (Å²) in [4.78, 5) is 14.6. The van der Waals surface area contributed by atoms with Crippen molar-refractivity contribution in [1.82, 2.24) is 4.90 Å². The van der Waals surface area contributed by atoms with Gasteiger partial charge in [-0.15, -0.1) is 0 Å². The van der Waals surface area contributed by atoms with Crippen molar-refractivity contribution < 1.29 is 14.6 Å². The molecular weight excluding hydrogens is 280 g/mol. The van der Waals surface area contributed by atoms with Crippen molar-refractivity contribution in [2.45, 2.75) is 58.7 Å². The minimum Gasteiger partial charge on any atom is -0.392 e. The van der Waals surface area contributed by atoms with E-state index >= 15 is 0 Å². The summed E-state index contributed by atoms with van der Waals surface area (Å²) in [7, 11) is 0. The van der Waals surface area contributed by atoms with E-state index in [1.165, 1.54) is 0 Å². The molecule has 1 spiro atoms. The van der Waals surface area contributed by atoms with Crippen LogP contribution in [0.25, 0.3) is 0 Å². The Morgan fingerprint density at radius 2 is 2.05 bits per heavy atom. The van der Waals surface area contributed by atoms with Gasteiger partial charge < -0.3 is 20.5 Å². The number of aliphatic hydroxyl groups is 1. The molecule has 0 aromatic carbocycles. The zero-order valence-electron chi connectivity index (χ0n) is 14.3. The van der Waals surface area contributed by atoms with Crippen molar-refractivity contribution >= 4 is 5.91 Å². The number of hydrogen-bond donors (Lipinski definition) is 2. The van der Waals surface area contributed by atoms with Gasteiger partial charge in [0.25, 0.3) is 0 Å². The van der Waals surface area contributed by atoms with Crippen molar-refractivity contribution in [1.29, 1.82) is 0 Å². The smallest absolute Gasteiger partial charge is 0.226 e. The lowest BCUT2D eigenvalue weighted by Gasteiger charge is -2.56. The summed E-state index contributed by atoms with van der Waals surface area (Å²) in [5.74, 6) is 0.597. The van der Waals surface area contributed by atoms with E-state index in [0.29, 0.717) is 32.2 Å². The topological polar surface area (TPSA) is 75.8 Å². The molecule has 5 heteroatoms. The van der Waals surface area contributed by atoms with Crippen LogP contribution < -0.4 is 5.73 Å². The number of ether oxygens (including phenoxy) is 1. The average Bonchev–Trinajstić information content (AvgIpc) is 2.51. The molecule has 0 radical (unpaired) electrons. The number of amides is 1. The summed E-state index contributed by atoms with van der Waals surface area (Å²) >= 11 is 0. The Kier molecular flexibility index (Phi) is 5.86. The van der Waals surface area contributed by atoms with Crippen LogP contribution in [0.5, 0.6) is 0 Å². The maximum atomic E-state index is 12.6. The number of nitrogens with two attached hydrogens (primary N) is 1. The minimum absolute atomic E-state index is 0.0666. The second kappa shape index (κ2) is 7.28. The van der Waals surface area contributed by atoms with Crippen LogP contribution >= 0.6 is 0 Å². The predicted molar refractivity (Wildman–Crippen MR) is 86.3 cm³/mol. The Balaban J connectivity index is 1.92. The Labute approximate surface area is 134 Å². The molecule has 2 fully saturated rings. The van der Waals surface area contributed by atoms with Crippen LogP contribution in [0.2, 0.25) is 0 Å². The maximum absolute atomic E-state index is 12.6. The monoisotopic (exact) mass is 312 g/mol. The first-order valence-corrected chi connectivity index (χ1v) is 8.73. The number of rotatable bonds is 6. The van der Waals surface area contributed by atoms with Crippen LogP contribution in [0.4, 0.5) is 0 Å². The number of nitrogens with zero attached hydrogens (tertiary/aromatic N) is 1. The molecule has 1 aliphatic heterocycles. The highest BCUT2D eigenvalue weighted by Gasteiger charge is 2.56. The number of likely N-dealkylation sites (tertiary alicyclic amines) is 1. The fourth-order valence-electron chi connectivity index (χ4n) is 4.09. The second-order valence-electron chi connectivity index (χ2n) is 7.32. The molecule has 1 amide bonds. The molecule has 0 bridgehead atoms. The Bertz CT molecular complexity index is 376. The SMILES string of the molecule is CCOC1CC(O)C12CCN(C(=O)C(CN)CC(C)C)CC2. The minimum atomic E-state index is -0.276. The molecule has 3 N–H and O–H groups in total. The van der Waals surface area contributed by atoms with Gasteiger partial charge in [0, 0.05) is 38.1 Å². The van der Waals surface area contributed by atoms with Gasteiger partial charge in [-0.05, 0) is 32.1 Å². The van der Waals surface area contributed by atoms with Gasteiger partial charge in [0.05, 0.1) is 18.1 Å². The van der Waals surface area contributed by atoms with Crippen LogP contribution in [0, 0.1) is 17.3 Å². The van der Waals surface area contributed by atoms with Crippen molar-refractivity contribution in [2.24, 2.45) is 23.0 Å². The van der Waals surface area contributed by atoms with Crippen LogP contribution in [0.15, 0.2) is 0 Å². The Hall–Kier alpha value is -0.650. The molecule has 22 heavy (non-hydrogen) atoms. The van der Waals surface area contributed by atoms with E-state index < -0.39 is 0 Å². The first-order chi connectivity index (χ1) is 10.4. The second-order valence-corrected chi connectivity index (χ2v) is 7.32. The Morgan fingerprint density at radius 3 is 2.50 bits per heavy atom. The van der Waals surface area contributed by atoms with E-state index in [1.807, 2.05) is 11.8 Å². The van der Waals surface area contributed by atoms with Crippen LogP contribution in [-0.2, 0) is 9.53 Å². The molecule has 2 rings (SSSR count). The lowest BCUT2D eigenvalue weighted by Crippen LogP contribution is -2.63. The third kappa shape index (κ3) is 3.31. The highest BCUT2D eigenvalue weighted by Crippen LogP contribution is 2.51. The fourth-order valence-corrected chi connectivity index (χ4v) is 4.09. The van der Waals surface area contributed by atoms with Gasteiger partial charge >= 0.3 is 0 Å². The molecular formula is C17H32N2O3. The molecule has 1 aliphatic carbocycles. The molecule has 128 valence electrons. The van der Waals surface area contributed by atoms with Gasteiger partial charge in [-0.1, -0.05) is 13.8 Å². The largest absolute Gasteiger partial charge is 0.392 e. The molecule has 5 nitrogen and oxygen atoms in total.